The van der Waals surface area contributed by atoms with Crippen molar-refractivity contribution in [2.45, 2.75) is 12.1 Å². The number of hydrogen-bond donors (Lipinski definition) is 0. The summed E-state index contributed by atoms with van der Waals surface area (Å²) in [5, 5.41) is 22.5. The summed E-state index contributed by atoms with van der Waals surface area (Å²) in [6, 6.07) is 16.0. The van der Waals surface area contributed by atoms with E-state index in [2.05, 4.69) is 0 Å². The minimum absolute atomic E-state index is 0.265. The fraction of sp³-hybridized carbons (Fsp3) is 0.250. The Morgan fingerprint density at radius 3 is 1.33 bits per heavy atom. The van der Waals surface area contributed by atoms with Crippen LogP contribution in [-0.2, 0) is 0 Å². The molecule has 2 unspecified atom stereocenters. The second-order valence-electron chi connectivity index (χ2n) is 4.99. The van der Waals surface area contributed by atoms with E-state index in [0.717, 1.165) is 0 Å². The topological polar surface area (TPSA) is 86.3 Å². The Hall–Kier alpha value is -2.06. The maximum Gasteiger partial charge on any atom is 0.247 e. The number of nitro groups is 2. The van der Waals surface area contributed by atoms with Crippen LogP contribution in [0.3, 0.4) is 0 Å². The van der Waals surface area contributed by atoms with Crippen LogP contribution in [0.5, 0.6) is 0 Å². The van der Waals surface area contributed by atoms with Crippen LogP contribution in [0.25, 0.3) is 0 Å². The Bertz CT molecular complexity index is 611. The molecule has 0 aliphatic carbocycles. The summed E-state index contributed by atoms with van der Waals surface area (Å²) < 4.78 is 0. The van der Waals surface area contributed by atoms with Crippen LogP contribution in [0.4, 0.5) is 0 Å². The fourth-order valence-electron chi connectivity index (χ4n) is 2.13. The summed E-state index contributed by atoms with van der Waals surface area (Å²) in [4.78, 5) is 21.8. The van der Waals surface area contributed by atoms with Crippen LogP contribution in [0.2, 0.25) is 0 Å². The van der Waals surface area contributed by atoms with Crippen molar-refractivity contribution in [3.63, 3.8) is 0 Å². The molecule has 6 nitrogen and oxygen atoms in total. The quantitative estimate of drug-likeness (QED) is 0.284. The molecule has 0 amide bonds. The molecular formula is C16H16N2O4S2. The molecule has 0 N–H and O–H groups in total. The van der Waals surface area contributed by atoms with Crippen LogP contribution in [-0.4, -0.2) is 21.4 Å². The fourth-order valence-corrected chi connectivity index (χ4v) is 4.56. The lowest BCUT2D eigenvalue weighted by Gasteiger charge is -2.11. The molecule has 2 atom stereocenters. The summed E-state index contributed by atoms with van der Waals surface area (Å²) in [6.45, 7) is 0. The maximum atomic E-state index is 11.2. The van der Waals surface area contributed by atoms with Gasteiger partial charge in [-0.2, -0.15) is 0 Å². The Morgan fingerprint density at radius 2 is 1.04 bits per heavy atom. The summed E-state index contributed by atoms with van der Waals surface area (Å²) >= 11 is 0. The molecule has 24 heavy (non-hydrogen) atoms. The first-order valence-electron chi connectivity index (χ1n) is 7.21. The van der Waals surface area contributed by atoms with Crippen LogP contribution in [0.15, 0.2) is 60.7 Å². The largest absolute Gasteiger partial charge is 0.264 e. The van der Waals surface area contributed by atoms with Gasteiger partial charge in [0, 0.05) is 21.0 Å². The first-order chi connectivity index (χ1) is 11.6. The van der Waals surface area contributed by atoms with Crippen molar-refractivity contribution in [3.8, 4) is 0 Å². The van der Waals surface area contributed by atoms with E-state index in [1.165, 1.54) is 21.6 Å². The van der Waals surface area contributed by atoms with E-state index in [-0.39, 0.29) is 21.4 Å². The van der Waals surface area contributed by atoms with E-state index in [0.29, 0.717) is 11.1 Å². The zero-order chi connectivity index (χ0) is 17.4. The van der Waals surface area contributed by atoms with Crippen molar-refractivity contribution in [2.75, 3.05) is 11.5 Å². The van der Waals surface area contributed by atoms with E-state index in [1.54, 1.807) is 48.5 Å². The van der Waals surface area contributed by atoms with E-state index >= 15 is 0 Å². The molecule has 0 aliphatic rings. The third kappa shape index (κ3) is 5.24. The van der Waals surface area contributed by atoms with Crippen molar-refractivity contribution < 1.29 is 9.85 Å². The third-order valence-electron chi connectivity index (χ3n) is 3.41. The molecule has 2 aromatic carbocycles. The molecule has 2 aromatic rings. The Kier molecular flexibility index (Phi) is 7.07. The van der Waals surface area contributed by atoms with Gasteiger partial charge in [0.05, 0.1) is 11.5 Å². The SMILES string of the molecule is O=[N+]([O-])C(CSSCC(c1ccccc1)[N+](=O)[O-])c1ccccc1. The Morgan fingerprint density at radius 1 is 0.708 bits per heavy atom. The molecule has 0 fully saturated rings. The molecule has 0 saturated carbocycles. The molecule has 0 radical (unpaired) electrons. The molecule has 0 spiro atoms. The summed E-state index contributed by atoms with van der Waals surface area (Å²) in [7, 11) is 2.59. The Balaban J connectivity index is 1.90. The predicted molar refractivity (Wildman–Crippen MR) is 97.3 cm³/mol. The van der Waals surface area contributed by atoms with Gasteiger partial charge in [-0.25, -0.2) is 0 Å². The van der Waals surface area contributed by atoms with Crippen LogP contribution in [0, 0.1) is 20.2 Å². The van der Waals surface area contributed by atoms with Crippen LogP contribution in [0.1, 0.15) is 23.2 Å². The molecule has 8 heteroatoms. The van der Waals surface area contributed by atoms with E-state index in [9.17, 15) is 20.2 Å². The van der Waals surface area contributed by atoms with Gasteiger partial charge in [0.2, 0.25) is 12.1 Å². The minimum atomic E-state index is -0.811. The highest BCUT2D eigenvalue weighted by atomic mass is 33.1. The first kappa shape index (κ1) is 18.3. The third-order valence-corrected chi connectivity index (χ3v) is 5.80. The monoisotopic (exact) mass is 364 g/mol. The highest BCUT2D eigenvalue weighted by Crippen LogP contribution is 2.33. The van der Waals surface area contributed by atoms with Crippen molar-refractivity contribution in [3.05, 3.63) is 92.0 Å². The number of rotatable bonds is 9. The summed E-state index contributed by atoms with van der Waals surface area (Å²) in [6.07, 6.45) is 0. The van der Waals surface area contributed by atoms with Gasteiger partial charge in [0.1, 0.15) is 0 Å². The number of hydrogen-bond acceptors (Lipinski definition) is 6. The standard InChI is InChI=1S/C16H16N2O4S2/c19-17(20)15(13-7-3-1-4-8-13)11-23-24-12-16(18(21)22)14-9-5-2-6-10-14/h1-10,15-16H,11-12H2. The van der Waals surface area contributed by atoms with E-state index < -0.39 is 12.1 Å². The second-order valence-corrected chi connectivity index (χ2v) is 7.54. The Labute approximate surface area is 147 Å². The maximum absolute atomic E-state index is 11.2. The van der Waals surface area contributed by atoms with Crippen molar-refractivity contribution >= 4 is 21.6 Å². The van der Waals surface area contributed by atoms with Crippen molar-refractivity contribution in [2.24, 2.45) is 0 Å². The number of benzene rings is 2. The zero-order valence-electron chi connectivity index (χ0n) is 12.7. The van der Waals surface area contributed by atoms with Gasteiger partial charge in [-0.05, 0) is 0 Å². The molecule has 0 saturated heterocycles. The molecular weight excluding hydrogens is 348 g/mol. The molecule has 0 aliphatic heterocycles. The van der Waals surface area contributed by atoms with Gasteiger partial charge in [0.15, 0.2) is 0 Å². The van der Waals surface area contributed by atoms with Gasteiger partial charge in [-0.15, -0.1) is 0 Å². The highest BCUT2D eigenvalue weighted by Gasteiger charge is 2.25. The molecule has 0 aromatic heterocycles. The van der Waals surface area contributed by atoms with E-state index in [4.69, 9.17) is 0 Å². The lowest BCUT2D eigenvalue weighted by atomic mass is 10.1. The highest BCUT2D eigenvalue weighted by molar-refractivity contribution is 8.76. The number of nitrogens with zero attached hydrogens (tertiary/aromatic N) is 2. The average molecular weight is 364 g/mol. The minimum Gasteiger partial charge on any atom is -0.264 e. The average Bonchev–Trinajstić information content (AvgIpc) is 2.59. The summed E-state index contributed by atoms with van der Waals surface area (Å²) in [5.74, 6) is 0.530. The second kappa shape index (κ2) is 9.29. The molecule has 0 heterocycles. The normalized spacial score (nSPS) is 13.2. The van der Waals surface area contributed by atoms with Crippen LogP contribution >= 0.6 is 21.6 Å². The van der Waals surface area contributed by atoms with Gasteiger partial charge in [-0.3, -0.25) is 20.2 Å². The lowest BCUT2D eigenvalue weighted by Crippen LogP contribution is -2.14. The first-order valence-corrected chi connectivity index (χ1v) is 9.69. The lowest BCUT2D eigenvalue weighted by molar-refractivity contribution is -0.523. The van der Waals surface area contributed by atoms with Crippen molar-refractivity contribution in [1.82, 2.24) is 0 Å². The predicted octanol–water partition coefficient (Wildman–Crippen LogP) is 4.40. The van der Waals surface area contributed by atoms with Gasteiger partial charge in [-0.1, -0.05) is 82.3 Å². The smallest absolute Gasteiger partial charge is 0.247 e. The van der Waals surface area contributed by atoms with Gasteiger partial charge >= 0.3 is 0 Å². The van der Waals surface area contributed by atoms with Crippen LogP contribution < -0.4 is 0 Å². The molecule has 0 bridgehead atoms. The molecule has 2 rings (SSSR count). The van der Waals surface area contributed by atoms with Gasteiger partial charge < -0.3 is 0 Å². The molecule has 126 valence electrons. The van der Waals surface area contributed by atoms with Gasteiger partial charge in [0.25, 0.3) is 0 Å². The van der Waals surface area contributed by atoms with E-state index in [1.807, 2.05) is 12.1 Å². The zero-order valence-corrected chi connectivity index (χ0v) is 14.3. The summed E-state index contributed by atoms with van der Waals surface area (Å²) in [5.41, 5.74) is 1.29. The van der Waals surface area contributed by atoms with Crippen molar-refractivity contribution in [1.29, 1.82) is 0 Å².